The summed E-state index contributed by atoms with van der Waals surface area (Å²) in [4.78, 5) is 0. The number of allylic oxidation sites excluding steroid dienone is 5. The molecule has 0 aromatic heterocycles. The van der Waals surface area contributed by atoms with Gasteiger partial charge in [0.25, 0.3) is 0 Å². The minimum Gasteiger partial charge on any atom is -0.103 e. The Kier molecular flexibility index (Phi) is 3.53. The SMILES string of the molecule is C=CCC/C=C1/C=CCC(C)(C)C1. The van der Waals surface area contributed by atoms with Crippen LogP contribution in [0.4, 0.5) is 0 Å². The van der Waals surface area contributed by atoms with Gasteiger partial charge in [-0.3, -0.25) is 0 Å². The van der Waals surface area contributed by atoms with E-state index in [4.69, 9.17) is 0 Å². The molecule has 0 heterocycles. The van der Waals surface area contributed by atoms with Crippen LogP contribution in [-0.4, -0.2) is 0 Å². The maximum Gasteiger partial charge on any atom is -0.0228 e. The van der Waals surface area contributed by atoms with E-state index >= 15 is 0 Å². The highest BCUT2D eigenvalue weighted by atomic mass is 14.2. The number of hydrogen-bond donors (Lipinski definition) is 0. The molecule has 0 amide bonds. The molecule has 0 bridgehead atoms. The molecule has 0 aromatic carbocycles. The van der Waals surface area contributed by atoms with E-state index in [9.17, 15) is 0 Å². The van der Waals surface area contributed by atoms with Crippen molar-refractivity contribution in [1.29, 1.82) is 0 Å². The van der Waals surface area contributed by atoms with E-state index in [1.807, 2.05) is 6.08 Å². The largest absolute Gasteiger partial charge is 0.103 e. The summed E-state index contributed by atoms with van der Waals surface area (Å²) in [5.41, 5.74) is 1.97. The Bertz CT molecular complexity index is 228. The average molecular weight is 176 g/mol. The summed E-state index contributed by atoms with van der Waals surface area (Å²) in [5, 5.41) is 0. The molecule has 0 aliphatic heterocycles. The molecule has 0 heteroatoms. The fourth-order valence-corrected chi connectivity index (χ4v) is 1.74. The highest BCUT2D eigenvalue weighted by Gasteiger charge is 2.19. The predicted molar refractivity (Wildman–Crippen MR) is 59.7 cm³/mol. The molecule has 0 unspecified atom stereocenters. The van der Waals surface area contributed by atoms with Crippen LogP contribution in [0.25, 0.3) is 0 Å². The van der Waals surface area contributed by atoms with Crippen molar-refractivity contribution < 1.29 is 0 Å². The van der Waals surface area contributed by atoms with Gasteiger partial charge in [-0.25, -0.2) is 0 Å². The van der Waals surface area contributed by atoms with Gasteiger partial charge in [0.05, 0.1) is 0 Å². The zero-order valence-corrected chi connectivity index (χ0v) is 8.84. The van der Waals surface area contributed by atoms with E-state index in [1.54, 1.807) is 0 Å². The highest BCUT2D eigenvalue weighted by molar-refractivity contribution is 5.24. The van der Waals surface area contributed by atoms with Crippen molar-refractivity contribution in [1.82, 2.24) is 0 Å². The third-order valence-electron chi connectivity index (χ3n) is 2.46. The Balaban J connectivity index is 2.51. The van der Waals surface area contributed by atoms with Crippen molar-refractivity contribution in [3.8, 4) is 0 Å². The maximum atomic E-state index is 3.72. The first-order valence-electron chi connectivity index (χ1n) is 5.10. The van der Waals surface area contributed by atoms with Crippen molar-refractivity contribution in [3.63, 3.8) is 0 Å². The van der Waals surface area contributed by atoms with E-state index in [0.717, 1.165) is 12.8 Å². The summed E-state index contributed by atoms with van der Waals surface area (Å²) in [6.07, 6.45) is 13.6. The van der Waals surface area contributed by atoms with Gasteiger partial charge in [-0.15, -0.1) is 6.58 Å². The highest BCUT2D eigenvalue weighted by Crippen LogP contribution is 2.34. The van der Waals surface area contributed by atoms with Crippen LogP contribution in [0.1, 0.15) is 39.5 Å². The quantitative estimate of drug-likeness (QED) is 0.445. The average Bonchev–Trinajstić information content (AvgIpc) is 2.03. The molecule has 0 saturated heterocycles. The zero-order valence-electron chi connectivity index (χ0n) is 8.84. The fourth-order valence-electron chi connectivity index (χ4n) is 1.74. The number of unbranched alkanes of at least 4 members (excludes halogenated alkanes) is 1. The van der Waals surface area contributed by atoms with Gasteiger partial charge in [-0.2, -0.15) is 0 Å². The Labute approximate surface area is 82.0 Å². The van der Waals surface area contributed by atoms with Gasteiger partial charge in [-0.1, -0.05) is 43.7 Å². The van der Waals surface area contributed by atoms with Crippen LogP contribution in [-0.2, 0) is 0 Å². The summed E-state index contributed by atoms with van der Waals surface area (Å²) in [6.45, 7) is 8.39. The molecule has 0 radical (unpaired) electrons. The smallest absolute Gasteiger partial charge is 0.0228 e. The van der Waals surface area contributed by atoms with Crippen LogP contribution in [0.5, 0.6) is 0 Å². The van der Waals surface area contributed by atoms with Crippen LogP contribution >= 0.6 is 0 Å². The third-order valence-corrected chi connectivity index (χ3v) is 2.46. The van der Waals surface area contributed by atoms with Crippen LogP contribution in [0.15, 0.2) is 36.5 Å². The minimum absolute atomic E-state index is 0.467. The van der Waals surface area contributed by atoms with Crippen molar-refractivity contribution in [3.05, 3.63) is 36.5 Å². The molecular weight excluding hydrogens is 156 g/mol. The zero-order chi connectivity index (χ0) is 9.73. The van der Waals surface area contributed by atoms with E-state index in [-0.39, 0.29) is 0 Å². The molecule has 1 aliphatic carbocycles. The normalized spacial score (nSPS) is 23.4. The second-order valence-electron chi connectivity index (χ2n) is 4.59. The summed E-state index contributed by atoms with van der Waals surface area (Å²) >= 11 is 0. The second-order valence-corrected chi connectivity index (χ2v) is 4.59. The summed E-state index contributed by atoms with van der Waals surface area (Å²) in [5.74, 6) is 0. The molecule has 72 valence electrons. The Hall–Kier alpha value is -0.780. The minimum atomic E-state index is 0.467. The maximum absolute atomic E-state index is 3.72. The lowest BCUT2D eigenvalue weighted by Crippen LogP contribution is -2.13. The molecule has 13 heavy (non-hydrogen) atoms. The Morgan fingerprint density at radius 2 is 2.23 bits per heavy atom. The molecule has 1 aliphatic rings. The van der Waals surface area contributed by atoms with Crippen molar-refractivity contribution in [2.24, 2.45) is 5.41 Å². The first-order valence-corrected chi connectivity index (χ1v) is 5.10. The first-order chi connectivity index (χ1) is 6.14. The lowest BCUT2D eigenvalue weighted by atomic mass is 9.78. The monoisotopic (exact) mass is 176 g/mol. The van der Waals surface area contributed by atoms with Gasteiger partial charge >= 0.3 is 0 Å². The molecule has 0 atom stereocenters. The molecule has 0 fully saturated rings. The third kappa shape index (κ3) is 3.63. The second kappa shape index (κ2) is 4.45. The first kappa shape index (κ1) is 10.3. The van der Waals surface area contributed by atoms with E-state index in [1.165, 1.54) is 18.4 Å². The van der Waals surface area contributed by atoms with Gasteiger partial charge in [0.15, 0.2) is 0 Å². The van der Waals surface area contributed by atoms with Gasteiger partial charge in [0, 0.05) is 0 Å². The van der Waals surface area contributed by atoms with E-state index in [2.05, 4.69) is 38.7 Å². The van der Waals surface area contributed by atoms with Gasteiger partial charge in [0.2, 0.25) is 0 Å². The molecular formula is C13H20. The van der Waals surface area contributed by atoms with Gasteiger partial charge < -0.3 is 0 Å². The number of rotatable bonds is 3. The molecule has 0 N–H and O–H groups in total. The van der Waals surface area contributed by atoms with E-state index < -0.39 is 0 Å². The fraction of sp³-hybridized carbons (Fsp3) is 0.538. The summed E-state index contributed by atoms with van der Waals surface area (Å²) in [6, 6.07) is 0. The van der Waals surface area contributed by atoms with Gasteiger partial charge in [-0.05, 0) is 31.1 Å². The number of hydrogen-bond acceptors (Lipinski definition) is 0. The van der Waals surface area contributed by atoms with Crippen LogP contribution in [0.2, 0.25) is 0 Å². The summed E-state index contributed by atoms with van der Waals surface area (Å²) < 4.78 is 0. The van der Waals surface area contributed by atoms with Crippen molar-refractivity contribution >= 4 is 0 Å². The van der Waals surface area contributed by atoms with Crippen molar-refractivity contribution in [2.45, 2.75) is 39.5 Å². The van der Waals surface area contributed by atoms with Crippen LogP contribution in [0.3, 0.4) is 0 Å². The topological polar surface area (TPSA) is 0 Å². The van der Waals surface area contributed by atoms with Crippen LogP contribution in [0, 0.1) is 5.41 Å². The summed E-state index contributed by atoms with van der Waals surface area (Å²) in [7, 11) is 0. The van der Waals surface area contributed by atoms with Crippen LogP contribution < -0.4 is 0 Å². The molecule has 1 rings (SSSR count). The molecule has 0 saturated carbocycles. The lowest BCUT2D eigenvalue weighted by molar-refractivity contribution is 0.362. The standard InChI is InChI=1S/C13H20/c1-4-5-6-8-12-9-7-10-13(2,3)11-12/h4,7-9H,1,5-6,10-11H2,2-3H3/b12-8-. The molecule has 0 nitrogen and oxygen atoms in total. The predicted octanol–water partition coefficient (Wildman–Crippen LogP) is 4.26. The van der Waals surface area contributed by atoms with Gasteiger partial charge in [0.1, 0.15) is 0 Å². The van der Waals surface area contributed by atoms with Crippen molar-refractivity contribution in [2.75, 3.05) is 0 Å². The lowest BCUT2D eigenvalue weighted by Gasteiger charge is -2.27. The molecule has 0 spiro atoms. The molecule has 0 aromatic rings. The van der Waals surface area contributed by atoms with E-state index in [0.29, 0.717) is 5.41 Å². The Morgan fingerprint density at radius 1 is 1.46 bits per heavy atom. The Morgan fingerprint density at radius 3 is 2.85 bits per heavy atom.